The number of hydrogen-bond donors (Lipinski definition) is 1. The number of hydrogen-bond acceptors (Lipinski definition) is 4. The molecular formula is C26H37N3O4S. The molecule has 0 heterocycles. The summed E-state index contributed by atoms with van der Waals surface area (Å²) in [5, 5.41) is 2.88. The van der Waals surface area contributed by atoms with Crippen LogP contribution in [0.2, 0.25) is 0 Å². The van der Waals surface area contributed by atoms with Gasteiger partial charge in [0.15, 0.2) is 0 Å². The highest BCUT2D eigenvalue weighted by Gasteiger charge is 2.30. The van der Waals surface area contributed by atoms with E-state index >= 15 is 0 Å². The van der Waals surface area contributed by atoms with Crippen LogP contribution in [0.25, 0.3) is 0 Å². The smallest absolute Gasteiger partial charge is 0.244 e. The molecule has 8 heteroatoms. The highest BCUT2D eigenvalue weighted by Crippen LogP contribution is 2.25. The molecule has 0 spiro atoms. The SMILES string of the molecule is Cc1ccc(CN(C(=O)CN(c2cccc(C)c2C)S(C)(=O)=O)C(C)C(=O)NCC(C)C)cc1. The van der Waals surface area contributed by atoms with Crippen LogP contribution in [0.1, 0.15) is 43.0 Å². The predicted molar refractivity (Wildman–Crippen MR) is 137 cm³/mol. The molecule has 0 saturated carbocycles. The van der Waals surface area contributed by atoms with Crippen molar-refractivity contribution in [2.75, 3.05) is 23.7 Å². The van der Waals surface area contributed by atoms with Gasteiger partial charge >= 0.3 is 0 Å². The Labute approximate surface area is 204 Å². The van der Waals surface area contributed by atoms with E-state index in [9.17, 15) is 18.0 Å². The summed E-state index contributed by atoms with van der Waals surface area (Å²) < 4.78 is 26.5. The molecule has 7 nitrogen and oxygen atoms in total. The van der Waals surface area contributed by atoms with Crippen LogP contribution >= 0.6 is 0 Å². The van der Waals surface area contributed by atoms with E-state index in [1.165, 1.54) is 4.90 Å². The van der Waals surface area contributed by atoms with Crippen LogP contribution < -0.4 is 9.62 Å². The van der Waals surface area contributed by atoms with Crippen LogP contribution in [-0.2, 0) is 26.2 Å². The van der Waals surface area contributed by atoms with Crippen LogP contribution in [0, 0.1) is 26.7 Å². The Morgan fingerprint density at radius 1 is 0.971 bits per heavy atom. The third-order valence-electron chi connectivity index (χ3n) is 5.85. The summed E-state index contributed by atoms with van der Waals surface area (Å²) in [5.41, 5.74) is 4.12. The number of amides is 2. The largest absolute Gasteiger partial charge is 0.354 e. The molecule has 2 aromatic carbocycles. The monoisotopic (exact) mass is 487 g/mol. The lowest BCUT2D eigenvalue weighted by Gasteiger charge is -2.32. The highest BCUT2D eigenvalue weighted by atomic mass is 32.2. The first-order chi connectivity index (χ1) is 15.8. The minimum absolute atomic E-state index is 0.194. The van der Waals surface area contributed by atoms with Gasteiger partial charge in [-0.25, -0.2) is 8.42 Å². The third-order valence-corrected chi connectivity index (χ3v) is 6.98. The Bertz CT molecular complexity index is 1110. The molecule has 34 heavy (non-hydrogen) atoms. The summed E-state index contributed by atoms with van der Waals surface area (Å²) in [6.07, 6.45) is 1.09. The molecule has 0 aliphatic carbocycles. The Morgan fingerprint density at radius 2 is 1.59 bits per heavy atom. The molecule has 2 aromatic rings. The molecule has 0 bridgehead atoms. The summed E-state index contributed by atoms with van der Waals surface area (Å²) in [4.78, 5) is 27.9. The summed E-state index contributed by atoms with van der Waals surface area (Å²) >= 11 is 0. The van der Waals surface area contributed by atoms with Gasteiger partial charge in [-0.1, -0.05) is 55.8 Å². The maximum absolute atomic E-state index is 13.6. The van der Waals surface area contributed by atoms with E-state index in [-0.39, 0.29) is 18.4 Å². The van der Waals surface area contributed by atoms with Crippen molar-refractivity contribution >= 4 is 27.5 Å². The van der Waals surface area contributed by atoms with E-state index in [2.05, 4.69) is 5.32 Å². The lowest BCUT2D eigenvalue weighted by Crippen LogP contribution is -2.51. The minimum Gasteiger partial charge on any atom is -0.354 e. The standard InChI is InChI=1S/C26H37N3O4S/c1-18(2)15-27-26(31)22(6)28(16-23-13-11-19(3)12-14-23)25(30)17-29(34(7,32)33)24-10-8-9-20(4)21(24)5/h8-14,18,22H,15-17H2,1-7H3,(H,27,31). The maximum Gasteiger partial charge on any atom is 0.244 e. The Morgan fingerprint density at radius 3 is 2.15 bits per heavy atom. The summed E-state index contributed by atoms with van der Waals surface area (Å²) in [6.45, 7) is 11.7. The number of carbonyl (C=O) groups excluding carboxylic acids is 2. The summed E-state index contributed by atoms with van der Waals surface area (Å²) in [6, 6.07) is 12.3. The van der Waals surface area contributed by atoms with Crippen molar-refractivity contribution in [3.63, 3.8) is 0 Å². The van der Waals surface area contributed by atoms with Crippen molar-refractivity contribution in [2.24, 2.45) is 5.92 Å². The van der Waals surface area contributed by atoms with Crippen LogP contribution in [0.15, 0.2) is 42.5 Å². The minimum atomic E-state index is -3.75. The van der Waals surface area contributed by atoms with E-state index in [4.69, 9.17) is 0 Å². The number of aryl methyl sites for hydroxylation is 2. The normalized spacial score (nSPS) is 12.4. The van der Waals surface area contributed by atoms with E-state index in [0.717, 1.165) is 32.8 Å². The molecule has 0 radical (unpaired) electrons. The second-order valence-electron chi connectivity index (χ2n) is 9.31. The van der Waals surface area contributed by atoms with Gasteiger partial charge in [0.2, 0.25) is 21.8 Å². The van der Waals surface area contributed by atoms with Crippen molar-refractivity contribution in [3.8, 4) is 0 Å². The lowest BCUT2D eigenvalue weighted by molar-refractivity contribution is -0.139. The van der Waals surface area contributed by atoms with Crippen LogP contribution in [-0.4, -0.2) is 50.5 Å². The van der Waals surface area contributed by atoms with Gasteiger partial charge in [0.25, 0.3) is 0 Å². The first-order valence-electron chi connectivity index (χ1n) is 11.5. The van der Waals surface area contributed by atoms with E-state index in [0.29, 0.717) is 12.2 Å². The fraction of sp³-hybridized carbons (Fsp3) is 0.462. The molecule has 1 unspecified atom stereocenters. The molecule has 2 rings (SSSR count). The van der Waals surface area contributed by atoms with Crippen molar-refractivity contribution in [3.05, 3.63) is 64.7 Å². The topological polar surface area (TPSA) is 86.8 Å². The molecule has 186 valence electrons. The van der Waals surface area contributed by atoms with Crippen LogP contribution in [0.3, 0.4) is 0 Å². The number of nitrogens with zero attached hydrogens (tertiary/aromatic N) is 2. The third kappa shape index (κ3) is 7.32. The fourth-order valence-electron chi connectivity index (χ4n) is 3.53. The van der Waals surface area contributed by atoms with Crippen molar-refractivity contribution in [2.45, 2.75) is 54.1 Å². The van der Waals surface area contributed by atoms with Gasteiger partial charge in [0, 0.05) is 13.1 Å². The molecule has 1 N–H and O–H groups in total. The van der Waals surface area contributed by atoms with E-state index in [1.807, 2.05) is 65.0 Å². The van der Waals surface area contributed by atoms with Crippen molar-refractivity contribution in [1.29, 1.82) is 0 Å². The Balaban J connectivity index is 2.40. The summed E-state index contributed by atoms with van der Waals surface area (Å²) in [7, 11) is -3.75. The van der Waals surface area contributed by atoms with Crippen LogP contribution in [0.5, 0.6) is 0 Å². The zero-order chi connectivity index (χ0) is 25.6. The van der Waals surface area contributed by atoms with Gasteiger partial charge in [-0.3, -0.25) is 13.9 Å². The first-order valence-corrected chi connectivity index (χ1v) is 13.3. The van der Waals surface area contributed by atoms with Gasteiger partial charge in [0.1, 0.15) is 12.6 Å². The molecule has 2 amide bonds. The average molecular weight is 488 g/mol. The first kappa shape index (κ1) is 27.4. The molecular weight excluding hydrogens is 450 g/mol. The molecule has 0 fully saturated rings. The molecule has 0 aromatic heterocycles. The van der Waals surface area contributed by atoms with E-state index < -0.39 is 28.5 Å². The Kier molecular flexibility index (Phi) is 9.27. The molecule has 0 saturated heterocycles. The lowest BCUT2D eigenvalue weighted by atomic mass is 10.1. The van der Waals surface area contributed by atoms with Gasteiger partial charge in [-0.15, -0.1) is 0 Å². The summed E-state index contributed by atoms with van der Waals surface area (Å²) in [5.74, 6) is -0.451. The van der Waals surface area contributed by atoms with Crippen LogP contribution in [0.4, 0.5) is 5.69 Å². The number of rotatable bonds is 10. The molecule has 1 atom stereocenters. The zero-order valence-electron chi connectivity index (χ0n) is 21.3. The van der Waals surface area contributed by atoms with Crippen molar-refractivity contribution in [1.82, 2.24) is 10.2 Å². The van der Waals surface area contributed by atoms with Crippen molar-refractivity contribution < 1.29 is 18.0 Å². The number of anilines is 1. The fourth-order valence-corrected chi connectivity index (χ4v) is 4.43. The number of benzene rings is 2. The quantitative estimate of drug-likeness (QED) is 0.555. The Hall–Kier alpha value is -2.87. The van der Waals surface area contributed by atoms with Gasteiger partial charge in [-0.2, -0.15) is 0 Å². The molecule has 0 aliphatic heterocycles. The number of sulfonamides is 1. The highest BCUT2D eigenvalue weighted by molar-refractivity contribution is 7.92. The van der Waals surface area contributed by atoms with Gasteiger partial charge in [0.05, 0.1) is 11.9 Å². The number of carbonyl (C=O) groups is 2. The second-order valence-corrected chi connectivity index (χ2v) is 11.2. The molecule has 0 aliphatic rings. The second kappa shape index (κ2) is 11.5. The zero-order valence-corrected chi connectivity index (χ0v) is 22.1. The average Bonchev–Trinajstić information content (AvgIpc) is 2.76. The van der Waals surface area contributed by atoms with Gasteiger partial charge in [-0.05, 0) is 56.4 Å². The maximum atomic E-state index is 13.6. The van der Waals surface area contributed by atoms with Gasteiger partial charge < -0.3 is 10.2 Å². The van der Waals surface area contributed by atoms with E-state index in [1.54, 1.807) is 19.1 Å². The number of nitrogens with one attached hydrogen (secondary N) is 1. The predicted octanol–water partition coefficient (Wildman–Crippen LogP) is 3.57.